The topological polar surface area (TPSA) is 85.5 Å². The van der Waals surface area contributed by atoms with Crippen molar-refractivity contribution in [3.8, 4) is 11.1 Å². The van der Waals surface area contributed by atoms with E-state index >= 15 is 0 Å². The third-order valence-corrected chi connectivity index (χ3v) is 4.35. The van der Waals surface area contributed by atoms with E-state index in [4.69, 9.17) is 10.5 Å². The molecular weight excluding hydrogens is 318 g/mol. The molecule has 1 aliphatic rings. The molecule has 2 aromatic rings. The number of nitrogens with zero attached hydrogens (tertiary/aromatic N) is 2. The molecule has 0 aliphatic carbocycles. The number of primary amides is 1. The summed E-state index contributed by atoms with van der Waals surface area (Å²) in [6.07, 6.45) is 3.80. The number of benzene rings is 1. The second-order valence-corrected chi connectivity index (χ2v) is 6.41. The molecular formula is C19H21N3O3. The number of rotatable bonds is 4. The molecule has 0 saturated carbocycles. The van der Waals surface area contributed by atoms with E-state index in [9.17, 15) is 9.59 Å². The SMILES string of the molecule is Cc1cc(C)cc(-c2cncc(C=O)c2N2CC[C@H](OC(N)=O)C2)c1. The Labute approximate surface area is 146 Å². The Kier molecular flexibility index (Phi) is 4.70. The van der Waals surface area contributed by atoms with Crippen molar-refractivity contribution in [2.45, 2.75) is 26.4 Å². The highest BCUT2D eigenvalue weighted by Crippen LogP contribution is 2.35. The second kappa shape index (κ2) is 6.93. The fourth-order valence-corrected chi connectivity index (χ4v) is 3.44. The number of pyridine rings is 1. The summed E-state index contributed by atoms with van der Waals surface area (Å²) < 4.78 is 5.11. The summed E-state index contributed by atoms with van der Waals surface area (Å²) in [7, 11) is 0. The third kappa shape index (κ3) is 3.63. The Bertz CT molecular complexity index is 799. The molecule has 1 atom stereocenters. The first-order valence-electron chi connectivity index (χ1n) is 8.21. The van der Waals surface area contributed by atoms with Crippen molar-refractivity contribution < 1.29 is 14.3 Å². The molecule has 0 spiro atoms. The summed E-state index contributed by atoms with van der Waals surface area (Å²) in [5.74, 6) is 0. The van der Waals surface area contributed by atoms with Gasteiger partial charge < -0.3 is 15.4 Å². The zero-order chi connectivity index (χ0) is 18.0. The molecule has 0 unspecified atom stereocenters. The molecule has 1 aromatic carbocycles. The van der Waals surface area contributed by atoms with E-state index in [-0.39, 0.29) is 6.10 Å². The number of aldehydes is 1. The molecule has 1 fully saturated rings. The minimum absolute atomic E-state index is 0.266. The van der Waals surface area contributed by atoms with E-state index in [2.05, 4.69) is 28.1 Å². The predicted molar refractivity (Wildman–Crippen MR) is 95.8 cm³/mol. The van der Waals surface area contributed by atoms with Crippen molar-refractivity contribution in [1.82, 2.24) is 4.98 Å². The summed E-state index contributed by atoms with van der Waals surface area (Å²) in [6.45, 7) is 5.27. The summed E-state index contributed by atoms with van der Waals surface area (Å²) in [4.78, 5) is 28.9. The lowest BCUT2D eigenvalue weighted by Crippen LogP contribution is -2.27. The molecule has 0 bridgehead atoms. The minimum atomic E-state index is -0.772. The van der Waals surface area contributed by atoms with Crippen LogP contribution in [0.1, 0.15) is 27.9 Å². The quantitative estimate of drug-likeness (QED) is 0.866. The number of nitrogens with two attached hydrogens (primary N) is 1. The van der Waals surface area contributed by atoms with Crippen LogP contribution in [0.25, 0.3) is 11.1 Å². The van der Waals surface area contributed by atoms with Crippen LogP contribution in [0.5, 0.6) is 0 Å². The highest BCUT2D eigenvalue weighted by molar-refractivity contribution is 5.92. The molecule has 2 heterocycles. The monoisotopic (exact) mass is 339 g/mol. The number of aromatic nitrogens is 1. The number of carbonyl (C=O) groups is 2. The van der Waals surface area contributed by atoms with Crippen LogP contribution in [-0.4, -0.2) is 36.6 Å². The second-order valence-electron chi connectivity index (χ2n) is 6.41. The Morgan fingerprint density at radius 2 is 2.00 bits per heavy atom. The zero-order valence-corrected chi connectivity index (χ0v) is 14.4. The molecule has 2 N–H and O–H groups in total. The highest BCUT2D eigenvalue weighted by Gasteiger charge is 2.28. The zero-order valence-electron chi connectivity index (χ0n) is 14.4. The van der Waals surface area contributed by atoms with Crippen LogP contribution in [0.3, 0.4) is 0 Å². The van der Waals surface area contributed by atoms with Crippen LogP contribution in [0.15, 0.2) is 30.6 Å². The van der Waals surface area contributed by atoms with Crippen molar-refractivity contribution in [2.75, 3.05) is 18.0 Å². The summed E-state index contributed by atoms with van der Waals surface area (Å²) in [5.41, 5.74) is 10.7. The van der Waals surface area contributed by atoms with E-state index < -0.39 is 6.09 Å². The lowest BCUT2D eigenvalue weighted by atomic mass is 9.98. The molecule has 6 heteroatoms. The maximum Gasteiger partial charge on any atom is 0.404 e. The average Bonchev–Trinajstić information content (AvgIpc) is 3.00. The van der Waals surface area contributed by atoms with Crippen LogP contribution in [0.2, 0.25) is 0 Å². The molecule has 130 valence electrons. The van der Waals surface area contributed by atoms with Gasteiger partial charge in [-0.25, -0.2) is 4.79 Å². The van der Waals surface area contributed by atoms with Crippen LogP contribution in [0.4, 0.5) is 10.5 Å². The van der Waals surface area contributed by atoms with Crippen LogP contribution in [-0.2, 0) is 4.74 Å². The van der Waals surface area contributed by atoms with Gasteiger partial charge in [0.25, 0.3) is 0 Å². The van der Waals surface area contributed by atoms with Gasteiger partial charge in [-0.15, -0.1) is 0 Å². The number of ether oxygens (including phenoxy) is 1. The van der Waals surface area contributed by atoms with Crippen molar-refractivity contribution in [2.24, 2.45) is 5.73 Å². The van der Waals surface area contributed by atoms with E-state index in [0.29, 0.717) is 25.1 Å². The van der Waals surface area contributed by atoms with Crippen molar-refractivity contribution in [1.29, 1.82) is 0 Å². The van der Waals surface area contributed by atoms with Gasteiger partial charge in [0.2, 0.25) is 0 Å². The molecule has 1 aliphatic heterocycles. The normalized spacial score (nSPS) is 16.7. The lowest BCUT2D eigenvalue weighted by Gasteiger charge is -2.23. The first-order chi connectivity index (χ1) is 12.0. The molecule has 25 heavy (non-hydrogen) atoms. The van der Waals surface area contributed by atoms with E-state index in [1.165, 1.54) is 0 Å². The first kappa shape index (κ1) is 17.0. The molecule has 1 saturated heterocycles. The van der Waals surface area contributed by atoms with Gasteiger partial charge in [0, 0.05) is 30.9 Å². The van der Waals surface area contributed by atoms with Crippen LogP contribution in [0, 0.1) is 13.8 Å². The fraction of sp³-hybridized carbons (Fsp3) is 0.316. The van der Waals surface area contributed by atoms with Gasteiger partial charge in [0.15, 0.2) is 6.29 Å². The summed E-state index contributed by atoms with van der Waals surface area (Å²) >= 11 is 0. The smallest absolute Gasteiger partial charge is 0.404 e. The Balaban J connectivity index is 2.03. The van der Waals surface area contributed by atoms with Gasteiger partial charge in [0.1, 0.15) is 6.10 Å². The van der Waals surface area contributed by atoms with E-state index in [1.807, 2.05) is 13.8 Å². The maximum absolute atomic E-state index is 11.6. The largest absolute Gasteiger partial charge is 0.444 e. The van der Waals surface area contributed by atoms with Crippen molar-refractivity contribution in [3.63, 3.8) is 0 Å². The lowest BCUT2D eigenvalue weighted by molar-refractivity contribution is 0.112. The number of aryl methyl sites for hydroxylation is 2. The molecule has 1 aromatic heterocycles. The van der Waals surface area contributed by atoms with Gasteiger partial charge >= 0.3 is 6.09 Å². The van der Waals surface area contributed by atoms with Gasteiger partial charge in [-0.1, -0.05) is 29.3 Å². The average molecular weight is 339 g/mol. The van der Waals surface area contributed by atoms with Crippen LogP contribution < -0.4 is 10.6 Å². The van der Waals surface area contributed by atoms with Gasteiger partial charge in [-0.2, -0.15) is 0 Å². The number of anilines is 1. The Morgan fingerprint density at radius 1 is 1.28 bits per heavy atom. The standard InChI is InChI=1S/C19H21N3O3/c1-12-5-13(2)7-14(6-12)17-9-21-8-15(11-23)18(17)22-4-3-16(10-22)25-19(20)24/h5-9,11,16H,3-4,10H2,1-2H3,(H2,20,24)/t16-/m0/s1. The Morgan fingerprint density at radius 3 is 2.64 bits per heavy atom. The molecule has 3 rings (SSSR count). The highest BCUT2D eigenvalue weighted by atomic mass is 16.6. The van der Waals surface area contributed by atoms with Crippen molar-refractivity contribution >= 4 is 18.1 Å². The first-order valence-corrected chi connectivity index (χ1v) is 8.21. The van der Waals surface area contributed by atoms with Gasteiger partial charge in [-0.3, -0.25) is 9.78 Å². The van der Waals surface area contributed by atoms with E-state index in [1.54, 1.807) is 12.4 Å². The van der Waals surface area contributed by atoms with Gasteiger partial charge in [0.05, 0.1) is 17.8 Å². The molecule has 0 radical (unpaired) electrons. The summed E-state index contributed by atoms with van der Waals surface area (Å²) in [6, 6.07) is 6.26. The van der Waals surface area contributed by atoms with Crippen LogP contribution >= 0.6 is 0 Å². The third-order valence-electron chi connectivity index (χ3n) is 4.35. The number of amides is 1. The van der Waals surface area contributed by atoms with Crippen molar-refractivity contribution in [3.05, 3.63) is 47.3 Å². The Hall–Kier alpha value is -2.89. The fourth-order valence-electron chi connectivity index (χ4n) is 3.44. The molecule has 1 amide bonds. The maximum atomic E-state index is 11.6. The minimum Gasteiger partial charge on any atom is -0.444 e. The number of hydrogen-bond acceptors (Lipinski definition) is 5. The molecule has 6 nitrogen and oxygen atoms in total. The number of carbonyl (C=O) groups excluding carboxylic acids is 2. The number of hydrogen-bond donors (Lipinski definition) is 1. The summed E-state index contributed by atoms with van der Waals surface area (Å²) in [5, 5.41) is 0. The van der Waals surface area contributed by atoms with E-state index in [0.717, 1.165) is 34.2 Å². The van der Waals surface area contributed by atoms with Gasteiger partial charge in [-0.05, 0) is 19.4 Å². The predicted octanol–water partition coefficient (Wildman–Crippen LogP) is 2.85.